The molecule has 0 N–H and O–H groups in total. The van der Waals surface area contributed by atoms with Crippen molar-refractivity contribution < 1.29 is 14.0 Å². The van der Waals surface area contributed by atoms with Crippen LogP contribution < -0.4 is 14.0 Å². The Hall–Kier alpha value is -6.99. The summed E-state index contributed by atoms with van der Waals surface area (Å²) in [4.78, 5) is 4.85. The number of hydrogen-bond donors (Lipinski definition) is 0. The number of rotatable bonds is 2. The Morgan fingerprint density at radius 3 is 2.39 bits per heavy atom. The van der Waals surface area contributed by atoms with Crippen molar-refractivity contribution in [3.63, 3.8) is 0 Å². The molecule has 0 radical (unpaired) electrons. The van der Waals surface area contributed by atoms with Crippen molar-refractivity contribution in [2.45, 2.75) is 5.66 Å². The van der Waals surface area contributed by atoms with E-state index in [1.165, 1.54) is 27.2 Å². The van der Waals surface area contributed by atoms with E-state index in [1.54, 1.807) is 0 Å². The van der Waals surface area contributed by atoms with E-state index < -0.39 is 5.66 Å². The van der Waals surface area contributed by atoms with Gasteiger partial charge in [0.05, 0.1) is 23.5 Å². The molecule has 7 heteroatoms. The molecule has 5 aromatic carbocycles. The lowest BCUT2D eigenvalue weighted by atomic mass is 9.84. The minimum absolute atomic E-state index is 0.717. The zero-order valence-corrected chi connectivity index (χ0v) is 27.1. The van der Waals surface area contributed by atoms with Crippen LogP contribution in [-0.2, 0) is 5.66 Å². The first-order valence-corrected chi connectivity index (χ1v) is 17.3. The van der Waals surface area contributed by atoms with Crippen LogP contribution >= 0.6 is 0 Å². The van der Waals surface area contributed by atoms with Crippen molar-refractivity contribution in [1.82, 2.24) is 18.8 Å². The first-order chi connectivity index (χ1) is 25.3. The van der Waals surface area contributed by atoms with Crippen LogP contribution in [0.2, 0.25) is 0 Å². The van der Waals surface area contributed by atoms with Crippen molar-refractivity contribution in [3.8, 4) is 39.8 Å². The summed E-state index contributed by atoms with van der Waals surface area (Å²) in [5.41, 5.74) is 10.5. The van der Waals surface area contributed by atoms with E-state index in [-0.39, 0.29) is 0 Å². The smallest absolute Gasteiger partial charge is 0.397 e. The molecular formula is C44H26N6O+2. The van der Waals surface area contributed by atoms with E-state index in [9.17, 15) is 0 Å². The Morgan fingerprint density at radius 1 is 0.608 bits per heavy atom. The number of nitrogens with zero attached hydrogens (tertiary/aromatic N) is 6. The van der Waals surface area contributed by atoms with Crippen LogP contribution in [0, 0.1) is 0 Å². The lowest BCUT2D eigenvalue weighted by Gasteiger charge is -2.32. The summed E-state index contributed by atoms with van der Waals surface area (Å²) < 4.78 is 18.7. The van der Waals surface area contributed by atoms with Gasteiger partial charge >= 0.3 is 5.66 Å². The van der Waals surface area contributed by atoms with Gasteiger partial charge in [0.15, 0.2) is 11.1 Å². The second kappa shape index (κ2) is 8.77. The Labute approximate surface area is 290 Å². The molecule has 236 valence electrons. The first-order valence-electron chi connectivity index (χ1n) is 17.3. The van der Waals surface area contributed by atoms with Gasteiger partial charge < -0.3 is 4.74 Å². The Kier molecular flexibility index (Phi) is 4.46. The Balaban J connectivity index is 1.14. The number of hydrogen-bond acceptors (Lipinski definition) is 2. The van der Waals surface area contributed by atoms with Gasteiger partial charge in [-0.2, -0.15) is 9.13 Å². The van der Waals surface area contributed by atoms with Crippen molar-refractivity contribution in [3.05, 3.63) is 169 Å². The molecule has 0 saturated carbocycles. The lowest BCUT2D eigenvalue weighted by molar-refractivity contribution is -0.993. The van der Waals surface area contributed by atoms with E-state index >= 15 is 0 Å². The Bertz CT molecular complexity index is 3190. The molecular weight excluding hydrogens is 629 g/mol. The maximum absolute atomic E-state index is 6.83. The quantitative estimate of drug-likeness (QED) is 0.176. The molecule has 8 heterocycles. The third-order valence-corrected chi connectivity index (χ3v) is 11.3. The molecule has 1 unspecified atom stereocenters. The van der Waals surface area contributed by atoms with Gasteiger partial charge in [-0.05, 0) is 78.4 Å². The molecule has 0 fully saturated rings. The predicted molar refractivity (Wildman–Crippen MR) is 196 cm³/mol. The molecule has 10 aromatic rings. The molecule has 0 bridgehead atoms. The topological polar surface area (TPSA) is 44.7 Å². The van der Waals surface area contributed by atoms with Gasteiger partial charge in [-0.15, -0.1) is 4.68 Å². The average Bonchev–Trinajstić information content (AvgIpc) is 3.93. The van der Waals surface area contributed by atoms with Crippen molar-refractivity contribution >= 4 is 43.7 Å². The number of aromatic nitrogens is 6. The fourth-order valence-electron chi connectivity index (χ4n) is 9.43. The van der Waals surface area contributed by atoms with Crippen LogP contribution in [0.1, 0.15) is 11.1 Å². The molecule has 1 atom stereocenters. The fourth-order valence-corrected chi connectivity index (χ4v) is 9.43. The number of fused-ring (bicyclic) bond motifs is 10. The lowest BCUT2D eigenvalue weighted by Crippen LogP contribution is -2.76. The Morgan fingerprint density at radius 2 is 1.43 bits per heavy atom. The van der Waals surface area contributed by atoms with E-state index in [0.29, 0.717) is 0 Å². The highest BCUT2D eigenvalue weighted by atomic mass is 16.5. The number of ether oxygens (including phenoxy) is 1. The predicted octanol–water partition coefficient (Wildman–Crippen LogP) is 8.34. The van der Waals surface area contributed by atoms with Crippen LogP contribution in [0.15, 0.2) is 158 Å². The van der Waals surface area contributed by atoms with Gasteiger partial charge in [-0.1, -0.05) is 59.3 Å². The third-order valence-electron chi connectivity index (χ3n) is 11.3. The van der Waals surface area contributed by atoms with Gasteiger partial charge in [0.25, 0.3) is 5.82 Å². The number of pyridine rings is 2. The van der Waals surface area contributed by atoms with Crippen LogP contribution in [0.3, 0.4) is 0 Å². The summed E-state index contributed by atoms with van der Waals surface area (Å²) >= 11 is 0. The largest absolute Gasteiger partial charge is 0.456 e. The summed E-state index contributed by atoms with van der Waals surface area (Å²) in [5.74, 6) is 2.87. The zero-order valence-electron chi connectivity index (χ0n) is 27.1. The van der Waals surface area contributed by atoms with Crippen LogP contribution in [0.25, 0.3) is 72.1 Å². The third kappa shape index (κ3) is 2.90. The van der Waals surface area contributed by atoms with Crippen molar-refractivity contribution in [1.29, 1.82) is 0 Å². The van der Waals surface area contributed by atoms with E-state index in [1.807, 2.05) is 12.3 Å². The van der Waals surface area contributed by atoms with Gasteiger partial charge in [-0.25, -0.2) is 4.98 Å². The highest BCUT2D eigenvalue weighted by Crippen LogP contribution is 2.55. The van der Waals surface area contributed by atoms with Gasteiger partial charge in [0, 0.05) is 39.5 Å². The summed E-state index contributed by atoms with van der Waals surface area (Å²) in [5, 5.41) is 4.79. The average molecular weight is 655 g/mol. The SMILES string of the molecule is c1ccc(-n2c3cc(-c4cn5[n+](c4)C46c7c(cccc7-5)Oc5ccc7c8ccccc8n(c7c54)-c4cccc[n+]46)ccc3c3cccnc32)cc1. The summed E-state index contributed by atoms with van der Waals surface area (Å²) in [7, 11) is 0. The maximum Gasteiger partial charge on any atom is 0.397 e. The molecule has 3 aliphatic rings. The molecule has 13 rings (SSSR count). The highest BCUT2D eigenvalue weighted by molar-refractivity contribution is 6.12. The summed E-state index contributed by atoms with van der Waals surface area (Å²) in [6, 6.07) is 47.6. The molecule has 5 aromatic heterocycles. The second-order valence-electron chi connectivity index (χ2n) is 13.7. The van der Waals surface area contributed by atoms with Crippen LogP contribution in [-0.4, -0.2) is 18.8 Å². The normalized spacial score (nSPS) is 16.1. The van der Waals surface area contributed by atoms with E-state index in [4.69, 9.17) is 9.72 Å². The maximum atomic E-state index is 6.83. The molecule has 51 heavy (non-hydrogen) atoms. The fraction of sp³-hybridized carbons (Fsp3) is 0.0227. The molecule has 0 amide bonds. The molecule has 0 aliphatic carbocycles. The van der Waals surface area contributed by atoms with E-state index in [2.05, 4.69) is 169 Å². The zero-order chi connectivity index (χ0) is 33.0. The standard InChI is InChI=1S/C44H26N6O/c1-2-10-29(11-3-1)49-36-24-27(18-19-31(36)33-13-9-22-45-43(33)49)28-25-47-35-15-8-16-37-40(35)44(48(47)26-28)41-38(51-37)21-20-32-30-12-4-5-14-34(30)50(42(32)41)39-17-6-7-23-46(39)44/h1-26H/q+2. The van der Waals surface area contributed by atoms with Crippen molar-refractivity contribution in [2.75, 3.05) is 0 Å². The van der Waals surface area contributed by atoms with Gasteiger partial charge in [0.1, 0.15) is 33.9 Å². The van der Waals surface area contributed by atoms with Gasteiger partial charge in [-0.3, -0.25) is 4.57 Å². The monoisotopic (exact) mass is 654 g/mol. The number of para-hydroxylation sites is 2. The van der Waals surface area contributed by atoms with Crippen LogP contribution in [0.4, 0.5) is 0 Å². The van der Waals surface area contributed by atoms with E-state index in [0.717, 1.165) is 67.5 Å². The van der Waals surface area contributed by atoms with Crippen molar-refractivity contribution in [2.24, 2.45) is 0 Å². The highest BCUT2D eigenvalue weighted by Gasteiger charge is 2.68. The second-order valence-corrected chi connectivity index (χ2v) is 13.7. The molecule has 3 aliphatic heterocycles. The summed E-state index contributed by atoms with van der Waals surface area (Å²) in [6.45, 7) is 0. The molecule has 0 saturated heterocycles. The minimum Gasteiger partial charge on any atom is -0.456 e. The molecule has 7 nitrogen and oxygen atoms in total. The minimum atomic E-state index is -0.717. The summed E-state index contributed by atoms with van der Waals surface area (Å²) in [6.07, 6.45) is 8.72. The first kappa shape index (κ1) is 26.0. The van der Waals surface area contributed by atoms with Crippen LogP contribution in [0.5, 0.6) is 11.5 Å². The van der Waals surface area contributed by atoms with Gasteiger partial charge in [0.2, 0.25) is 6.20 Å². The molecule has 1 spiro atoms. The number of benzene rings is 5.